The molecule has 2 aliphatic rings. The largest absolute Gasteiger partial charge is 0.490 e. The molecule has 0 radical (unpaired) electrons. The molecule has 2 amide bonds. The molecule has 12 heteroatoms. The number of halogens is 3. The molecule has 208 valence electrons. The van der Waals surface area contributed by atoms with Crippen molar-refractivity contribution in [2.45, 2.75) is 38.1 Å². The van der Waals surface area contributed by atoms with Gasteiger partial charge in [0, 0.05) is 28.7 Å². The Kier molecular flexibility index (Phi) is 6.97. The number of rotatable bonds is 5. The lowest BCUT2D eigenvalue weighted by Gasteiger charge is -2.27. The fourth-order valence-corrected chi connectivity index (χ4v) is 6.26. The summed E-state index contributed by atoms with van der Waals surface area (Å²) in [7, 11) is 0. The summed E-state index contributed by atoms with van der Waals surface area (Å²) in [6, 6.07) is 9.12. The van der Waals surface area contributed by atoms with E-state index in [2.05, 4.69) is 15.6 Å². The molecule has 1 saturated heterocycles. The normalized spacial score (nSPS) is 16.1. The molecule has 0 bridgehead atoms. The van der Waals surface area contributed by atoms with Gasteiger partial charge in [-0.2, -0.15) is 13.2 Å². The number of nitrogens with zero attached hydrogens (tertiary/aromatic N) is 3. The number of aromatic nitrogens is 2. The van der Waals surface area contributed by atoms with Crippen LogP contribution in [0.15, 0.2) is 54.2 Å². The standard InChI is InChI=1S/C28H26F3N5O3S/c29-28(30,31)21-13-17(4-5-23(21)39-18-6-9-32-10-7-18)34-26(37)20-16-40-24-15-35(12-8-19(20)24)27(38)22-14-33-25-3-1-2-11-36(22)25/h1-5,11,13-14,16,18,32H,6-10,12,15H2,(H,34,37). The van der Waals surface area contributed by atoms with Crippen LogP contribution in [-0.2, 0) is 19.1 Å². The average Bonchev–Trinajstić information content (AvgIpc) is 3.58. The molecule has 2 N–H and O–H groups in total. The quantitative estimate of drug-likeness (QED) is 0.354. The second-order valence-electron chi connectivity index (χ2n) is 9.83. The van der Waals surface area contributed by atoms with Gasteiger partial charge in [0.05, 0.1) is 23.9 Å². The zero-order valence-electron chi connectivity index (χ0n) is 21.3. The van der Waals surface area contributed by atoms with Crippen LogP contribution in [0.2, 0.25) is 0 Å². The number of benzene rings is 1. The fourth-order valence-electron chi connectivity index (χ4n) is 5.17. The third-order valence-corrected chi connectivity index (χ3v) is 8.25. The van der Waals surface area contributed by atoms with Crippen molar-refractivity contribution in [2.75, 3.05) is 25.0 Å². The van der Waals surface area contributed by atoms with E-state index in [-0.39, 0.29) is 23.4 Å². The SMILES string of the molecule is O=C(Nc1ccc(OC2CCNCC2)c(C(F)(F)F)c1)c1csc2c1CCN(C(=O)c1cnc3ccccn13)C2. The molecule has 0 atom stereocenters. The van der Waals surface area contributed by atoms with Crippen molar-refractivity contribution in [3.8, 4) is 5.75 Å². The molecule has 4 aromatic rings. The zero-order valence-corrected chi connectivity index (χ0v) is 22.1. The number of carbonyl (C=O) groups excluding carboxylic acids is 2. The Labute approximate surface area is 231 Å². The van der Waals surface area contributed by atoms with Gasteiger partial charge in [0.15, 0.2) is 0 Å². The van der Waals surface area contributed by atoms with E-state index < -0.39 is 17.6 Å². The Balaban J connectivity index is 1.17. The van der Waals surface area contributed by atoms with Gasteiger partial charge in [0.25, 0.3) is 11.8 Å². The van der Waals surface area contributed by atoms with E-state index in [9.17, 15) is 22.8 Å². The highest BCUT2D eigenvalue weighted by molar-refractivity contribution is 7.10. The number of anilines is 1. The molecule has 3 aromatic heterocycles. The van der Waals surface area contributed by atoms with Crippen molar-refractivity contribution in [1.29, 1.82) is 0 Å². The monoisotopic (exact) mass is 569 g/mol. The minimum atomic E-state index is -4.64. The van der Waals surface area contributed by atoms with E-state index >= 15 is 0 Å². The van der Waals surface area contributed by atoms with E-state index in [1.54, 1.807) is 27.1 Å². The van der Waals surface area contributed by atoms with Gasteiger partial charge in [-0.25, -0.2) is 4.98 Å². The molecule has 2 aliphatic heterocycles. The van der Waals surface area contributed by atoms with Crippen LogP contribution in [0, 0.1) is 0 Å². The van der Waals surface area contributed by atoms with E-state index in [0.717, 1.165) is 16.5 Å². The number of hydrogen-bond donors (Lipinski definition) is 2. The first-order chi connectivity index (χ1) is 19.3. The van der Waals surface area contributed by atoms with Crippen LogP contribution in [0.3, 0.4) is 0 Å². The number of alkyl halides is 3. The highest BCUT2D eigenvalue weighted by Crippen LogP contribution is 2.39. The number of ether oxygens (including phenoxy) is 1. The molecule has 0 aliphatic carbocycles. The van der Waals surface area contributed by atoms with Crippen LogP contribution in [0.1, 0.15) is 49.7 Å². The highest BCUT2D eigenvalue weighted by Gasteiger charge is 2.36. The first kappa shape index (κ1) is 26.3. The van der Waals surface area contributed by atoms with Crippen molar-refractivity contribution in [2.24, 2.45) is 0 Å². The van der Waals surface area contributed by atoms with Crippen molar-refractivity contribution in [3.05, 3.63) is 81.4 Å². The summed E-state index contributed by atoms with van der Waals surface area (Å²) < 4.78 is 49.0. The van der Waals surface area contributed by atoms with Crippen LogP contribution >= 0.6 is 11.3 Å². The van der Waals surface area contributed by atoms with Crippen LogP contribution in [0.25, 0.3) is 5.65 Å². The topological polar surface area (TPSA) is 88.0 Å². The molecular weight excluding hydrogens is 543 g/mol. The van der Waals surface area contributed by atoms with Gasteiger partial charge in [-0.1, -0.05) is 6.07 Å². The lowest BCUT2D eigenvalue weighted by atomic mass is 10.0. The number of hydrogen-bond acceptors (Lipinski definition) is 6. The van der Waals surface area contributed by atoms with Crippen LogP contribution in [0.5, 0.6) is 5.75 Å². The number of carbonyl (C=O) groups is 2. The lowest BCUT2D eigenvalue weighted by molar-refractivity contribution is -0.139. The number of piperidine rings is 1. The van der Waals surface area contributed by atoms with Crippen LogP contribution in [0.4, 0.5) is 18.9 Å². The summed E-state index contributed by atoms with van der Waals surface area (Å²) in [6.07, 6.45) is 0.122. The number of imidazole rings is 1. The maximum absolute atomic E-state index is 13.9. The summed E-state index contributed by atoms with van der Waals surface area (Å²) in [5.74, 6) is -0.879. The smallest absolute Gasteiger partial charge is 0.420 e. The molecule has 0 saturated carbocycles. The number of thiophene rings is 1. The van der Waals surface area contributed by atoms with Crippen molar-refractivity contribution < 1.29 is 27.5 Å². The van der Waals surface area contributed by atoms with Gasteiger partial charge in [-0.15, -0.1) is 11.3 Å². The molecule has 1 fully saturated rings. The zero-order chi connectivity index (χ0) is 27.9. The Morgan fingerprint density at radius 1 is 1.15 bits per heavy atom. The molecule has 0 unspecified atom stereocenters. The van der Waals surface area contributed by atoms with Crippen molar-refractivity contribution in [3.63, 3.8) is 0 Å². The van der Waals surface area contributed by atoms with E-state index in [1.165, 1.54) is 23.5 Å². The number of fused-ring (bicyclic) bond motifs is 2. The molecular formula is C28H26F3N5O3S. The van der Waals surface area contributed by atoms with Gasteiger partial charge < -0.3 is 20.3 Å². The number of pyridine rings is 1. The van der Waals surface area contributed by atoms with Gasteiger partial charge in [-0.3, -0.25) is 14.0 Å². The Morgan fingerprint density at radius 3 is 2.77 bits per heavy atom. The highest BCUT2D eigenvalue weighted by atomic mass is 32.1. The van der Waals surface area contributed by atoms with Gasteiger partial charge in [-0.05, 0) is 68.2 Å². The fraction of sp³-hybridized carbons (Fsp3) is 0.321. The second-order valence-corrected chi connectivity index (χ2v) is 10.8. The van der Waals surface area contributed by atoms with Crippen molar-refractivity contribution in [1.82, 2.24) is 19.6 Å². The first-order valence-electron chi connectivity index (χ1n) is 13.0. The molecule has 8 nitrogen and oxygen atoms in total. The van der Waals surface area contributed by atoms with Gasteiger partial charge in [0.2, 0.25) is 0 Å². The molecule has 6 rings (SSSR count). The Hall–Kier alpha value is -3.90. The minimum absolute atomic E-state index is 0.0372. The minimum Gasteiger partial charge on any atom is -0.490 e. The van der Waals surface area contributed by atoms with E-state index in [0.29, 0.717) is 62.3 Å². The number of nitrogens with one attached hydrogen (secondary N) is 2. The Bertz CT molecular complexity index is 1570. The van der Waals surface area contributed by atoms with E-state index in [4.69, 9.17) is 4.74 Å². The van der Waals surface area contributed by atoms with E-state index in [1.807, 2.05) is 18.2 Å². The lowest BCUT2D eigenvalue weighted by Crippen LogP contribution is -2.36. The Morgan fingerprint density at radius 2 is 1.98 bits per heavy atom. The third-order valence-electron chi connectivity index (χ3n) is 7.24. The summed E-state index contributed by atoms with van der Waals surface area (Å²) in [4.78, 5) is 33.2. The maximum Gasteiger partial charge on any atom is 0.420 e. The van der Waals surface area contributed by atoms with Crippen LogP contribution in [-0.4, -0.2) is 51.8 Å². The second kappa shape index (κ2) is 10.6. The summed E-state index contributed by atoms with van der Waals surface area (Å²) in [6.45, 7) is 2.13. The van der Waals surface area contributed by atoms with Crippen LogP contribution < -0.4 is 15.4 Å². The molecule has 40 heavy (non-hydrogen) atoms. The molecule has 5 heterocycles. The summed E-state index contributed by atoms with van der Waals surface area (Å²) >= 11 is 1.36. The summed E-state index contributed by atoms with van der Waals surface area (Å²) in [5, 5.41) is 7.48. The molecule has 0 spiro atoms. The van der Waals surface area contributed by atoms with Gasteiger partial charge >= 0.3 is 6.18 Å². The third kappa shape index (κ3) is 5.16. The van der Waals surface area contributed by atoms with Crippen molar-refractivity contribution >= 4 is 34.5 Å². The predicted octanol–water partition coefficient (Wildman–Crippen LogP) is 5.00. The van der Waals surface area contributed by atoms with Gasteiger partial charge in [0.1, 0.15) is 23.2 Å². The molecule has 1 aromatic carbocycles. The number of amides is 2. The maximum atomic E-state index is 13.9. The summed E-state index contributed by atoms with van der Waals surface area (Å²) in [5.41, 5.74) is 1.48. The average molecular weight is 570 g/mol. The predicted molar refractivity (Wildman–Crippen MR) is 144 cm³/mol. The first-order valence-corrected chi connectivity index (χ1v) is 13.9.